The second-order valence-electron chi connectivity index (χ2n) is 13.3. The van der Waals surface area contributed by atoms with Gasteiger partial charge in [-0.2, -0.15) is 0 Å². The van der Waals surface area contributed by atoms with Crippen molar-refractivity contribution in [2.24, 2.45) is 11.8 Å². The molecular weight excluding hydrogens is 564 g/mol. The maximum Gasteiger partial charge on any atom is 0.135 e. The molecule has 3 aliphatic rings. The Labute approximate surface area is 271 Å². The lowest BCUT2D eigenvalue weighted by atomic mass is 9.70. The molecule has 0 amide bonds. The maximum atomic E-state index is 7.18. The van der Waals surface area contributed by atoms with Crippen LogP contribution in [0.3, 0.4) is 0 Å². The van der Waals surface area contributed by atoms with Crippen molar-refractivity contribution in [1.82, 2.24) is 4.98 Å². The van der Waals surface area contributed by atoms with Crippen molar-refractivity contribution in [2.75, 3.05) is 20.2 Å². The second-order valence-corrected chi connectivity index (χ2v) is 13.3. The quantitative estimate of drug-likeness (QED) is 0.0935. The lowest BCUT2D eigenvalue weighted by molar-refractivity contribution is -0.984. The molecule has 3 aliphatic heterocycles. The highest BCUT2D eigenvalue weighted by Gasteiger charge is 2.55. The number of ether oxygens (including phenoxy) is 2. The molecule has 9 rings (SSSR count). The zero-order valence-electron chi connectivity index (χ0n) is 26.5. The highest BCUT2D eigenvalue weighted by molar-refractivity contribution is 6.02. The van der Waals surface area contributed by atoms with Crippen LogP contribution < -0.4 is 4.74 Å². The van der Waals surface area contributed by atoms with E-state index in [1.165, 1.54) is 44.7 Å². The van der Waals surface area contributed by atoms with E-state index >= 15 is 0 Å². The van der Waals surface area contributed by atoms with Crippen LogP contribution in [0, 0.1) is 11.8 Å². The topological polar surface area (TPSA) is 31.4 Å². The van der Waals surface area contributed by atoms with Crippen molar-refractivity contribution in [3.63, 3.8) is 0 Å². The highest BCUT2D eigenvalue weighted by Crippen LogP contribution is 2.50. The van der Waals surface area contributed by atoms with Gasteiger partial charge in [-0.3, -0.25) is 4.98 Å². The molecule has 5 atom stereocenters. The molecule has 3 saturated heterocycles. The number of hydrogen-bond acceptors (Lipinski definition) is 3. The van der Waals surface area contributed by atoms with Gasteiger partial charge in [0.1, 0.15) is 24.4 Å². The van der Waals surface area contributed by atoms with E-state index in [1.807, 2.05) is 12.3 Å². The minimum atomic E-state index is -0.118. The Bertz CT molecular complexity index is 1990. The van der Waals surface area contributed by atoms with Crippen molar-refractivity contribution in [3.8, 4) is 5.75 Å². The third-order valence-electron chi connectivity index (χ3n) is 10.9. The predicted molar refractivity (Wildman–Crippen MR) is 188 cm³/mol. The molecule has 4 heterocycles. The van der Waals surface area contributed by atoms with E-state index in [9.17, 15) is 0 Å². The van der Waals surface area contributed by atoms with Crippen LogP contribution in [0.2, 0.25) is 0 Å². The fourth-order valence-corrected chi connectivity index (χ4v) is 8.65. The first-order valence-corrected chi connectivity index (χ1v) is 16.6. The average molecular weight is 606 g/mol. The molecule has 6 aromatic rings. The number of pyridine rings is 1. The molecule has 1 aromatic heterocycles. The molecule has 4 unspecified atom stereocenters. The summed E-state index contributed by atoms with van der Waals surface area (Å²) in [7, 11) is 1.73. The van der Waals surface area contributed by atoms with Crippen molar-refractivity contribution in [2.45, 2.75) is 38.1 Å². The van der Waals surface area contributed by atoms with E-state index in [-0.39, 0.29) is 12.1 Å². The SMILES string of the molecule is C=CC1C[N+]2(Cc3c4ccccc4cc4ccccc34)CCC1CC2[C@@H](OCc1ccccc1)c1ccnc2ccc(OC)cc12. The summed E-state index contributed by atoms with van der Waals surface area (Å²) < 4.78 is 13.9. The summed E-state index contributed by atoms with van der Waals surface area (Å²) in [5.74, 6) is 1.94. The minimum Gasteiger partial charge on any atom is -0.497 e. The van der Waals surface area contributed by atoms with E-state index < -0.39 is 0 Å². The monoisotopic (exact) mass is 605 g/mol. The lowest BCUT2D eigenvalue weighted by Gasteiger charge is -2.58. The largest absolute Gasteiger partial charge is 0.497 e. The average Bonchev–Trinajstić information content (AvgIpc) is 3.12. The van der Waals surface area contributed by atoms with E-state index in [0.29, 0.717) is 18.4 Å². The summed E-state index contributed by atoms with van der Waals surface area (Å²) >= 11 is 0. The molecule has 3 fully saturated rings. The van der Waals surface area contributed by atoms with Crippen molar-refractivity contribution in [3.05, 3.63) is 145 Å². The van der Waals surface area contributed by atoms with Gasteiger partial charge in [-0.1, -0.05) is 84.9 Å². The fraction of sp³-hybridized carbons (Fsp3) is 0.262. The first-order chi connectivity index (χ1) is 22.7. The zero-order valence-corrected chi connectivity index (χ0v) is 26.5. The lowest BCUT2D eigenvalue weighted by Crippen LogP contribution is -2.67. The number of fused-ring (bicyclic) bond motifs is 6. The molecule has 46 heavy (non-hydrogen) atoms. The van der Waals surface area contributed by atoms with Crippen molar-refractivity contribution < 1.29 is 14.0 Å². The Kier molecular flexibility index (Phi) is 7.56. The van der Waals surface area contributed by atoms with Crippen LogP contribution in [0.25, 0.3) is 32.4 Å². The number of rotatable bonds is 9. The van der Waals surface area contributed by atoms with Crippen LogP contribution in [0.4, 0.5) is 0 Å². The second kappa shape index (κ2) is 12.0. The van der Waals surface area contributed by atoms with Crippen molar-refractivity contribution >= 4 is 32.4 Å². The number of piperidine rings is 3. The van der Waals surface area contributed by atoms with Crippen LogP contribution in [0.1, 0.15) is 35.6 Å². The fourth-order valence-electron chi connectivity index (χ4n) is 8.65. The zero-order chi connectivity index (χ0) is 31.1. The van der Waals surface area contributed by atoms with E-state index in [2.05, 4.69) is 116 Å². The van der Waals surface area contributed by atoms with Crippen LogP contribution >= 0.6 is 0 Å². The number of aromatic nitrogens is 1. The molecule has 230 valence electrons. The molecule has 0 radical (unpaired) electrons. The summed E-state index contributed by atoms with van der Waals surface area (Å²) in [4.78, 5) is 4.76. The van der Waals surface area contributed by atoms with Gasteiger partial charge in [0.05, 0.1) is 32.3 Å². The summed E-state index contributed by atoms with van der Waals surface area (Å²) in [6, 6.07) is 39.5. The molecular formula is C42H41N2O2+. The molecule has 0 aliphatic carbocycles. The van der Waals surface area contributed by atoms with Crippen molar-refractivity contribution in [1.29, 1.82) is 0 Å². The first-order valence-electron chi connectivity index (χ1n) is 16.6. The molecule has 0 spiro atoms. The predicted octanol–water partition coefficient (Wildman–Crippen LogP) is 9.42. The van der Waals surface area contributed by atoms with Gasteiger partial charge in [0.25, 0.3) is 0 Å². The minimum absolute atomic E-state index is 0.118. The van der Waals surface area contributed by atoms with Crippen LogP contribution in [-0.4, -0.2) is 35.7 Å². The van der Waals surface area contributed by atoms with E-state index in [4.69, 9.17) is 14.5 Å². The standard InChI is InChI=1S/C42H41N2O2/c1-3-30-26-44(27-39-35-15-9-7-13-32(35)23-33-14-8-10-16-36(33)39)22-20-31(30)24-41(44)42(46-28-29-11-5-4-6-12-29)37-19-21-43-40-18-17-34(45-2)25-38(37)40/h3-19,21,23,25,30-31,41-42H,1,20,22,24,26-28H2,2H3/q+1/t30?,31?,41?,42-,44?/m0/s1. The Morgan fingerprint density at radius 3 is 2.35 bits per heavy atom. The van der Waals surface area contributed by atoms with Gasteiger partial charge in [-0.25, -0.2) is 0 Å². The van der Waals surface area contributed by atoms with Crippen LogP contribution in [0.15, 0.2) is 128 Å². The number of hydrogen-bond donors (Lipinski definition) is 0. The first kappa shape index (κ1) is 28.9. The van der Waals surface area contributed by atoms with Gasteiger partial charge < -0.3 is 14.0 Å². The van der Waals surface area contributed by atoms with Crippen LogP contribution in [-0.2, 0) is 17.9 Å². The van der Waals surface area contributed by atoms with Gasteiger partial charge >= 0.3 is 0 Å². The number of benzene rings is 5. The number of quaternary nitrogens is 1. The van der Waals surface area contributed by atoms with E-state index in [1.54, 1.807) is 7.11 Å². The molecule has 4 nitrogen and oxygen atoms in total. The molecule has 5 aromatic carbocycles. The normalized spacial score (nSPS) is 23.1. The van der Waals surface area contributed by atoms with Gasteiger partial charge in [0.2, 0.25) is 0 Å². The molecule has 4 heteroatoms. The Morgan fingerprint density at radius 1 is 0.870 bits per heavy atom. The Hall–Kier alpha value is -4.51. The number of methoxy groups -OCH3 is 1. The van der Waals surface area contributed by atoms with Crippen LogP contribution in [0.5, 0.6) is 5.75 Å². The number of nitrogens with zero attached hydrogens (tertiary/aromatic N) is 2. The van der Waals surface area contributed by atoms with Gasteiger partial charge in [0.15, 0.2) is 0 Å². The summed E-state index contributed by atoms with van der Waals surface area (Å²) in [5.41, 5.74) is 4.81. The molecule has 0 saturated carbocycles. The molecule has 0 N–H and O–H groups in total. The van der Waals surface area contributed by atoms with Gasteiger partial charge in [0, 0.05) is 35.9 Å². The van der Waals surface area contributed by atoms with Gasteiger partial charge in [-0.05, 0) is 68.9 Å². The smallest absolute Gasteiger partial charge is 0.135 e. The van der Waals surface area contributed by atoms with Gasteiger partial charge in [-0.15, -0.1) is 6.58 Å². The molecule has 2 bridgehead atoms. The Morgan fingerprint density at radius 2 is 1.61 bits per heavy atom. The highest BCUT2D eigenvalue weighted by atomic mass is 16.5. The summed E-state index contributed by atoms with van der Waals surface area (Å²) in [6.07, 6.45) is 6.39. The summed E-state index contributed by atoms with van der Waals surface area (Å²) in [6.45, 7) is 8.07. The third kappa shape index (κ3) is 5.06. The van der Waals surface area contributed by atoms with E-state index in [0.717, 1.165) is 47.2 Å². The summed E-state index contributed by atoms with van der Waals surface area (Å²) in [5, 5.41) is 6.44. The maximum absolute atomic E-state index is 7.18. The third-order valence-corrected chi connectivity index (χ3v) is 10.9. The Balaban J connectivity index is 1.30.